The van der Waals surface area contributed by atoms with Crippen LogP contribution < -0.4 is 0 Å². The first-order valence-electron chi connectivity index (χ1n) is 7.17. The molecule has 0 radical (unpaired) electrons. The maximum absolute atomic E-state index is 3.83. The van der Waals surface area contributed by atoms with Crippen LogP contribution >= 0.6 is 15.9 Å². The van der Waals surface area contributed by atoms with Gasteiger partial charge in [-0.3, -0.25) is 0 Å². The minimum absolute atomic E-state index is 0.219. The molecule has 1 heteroatoms. The van der Waals surface area contributed by atoms with E-state index in [0.29, 0.717) is 4.83 Å². The van der Waals surface area contributed by atoms with Crippen LogP contribution in [-0.2, 0) is 11.8 Å². The van der Waals surface area contributed by atoms with Crippen molar-refractivity contribution in [2.24, 2.45) is 0 Å². The van der Waals surface area contributed by atoms with Crippen molar-refractivity contribution >= 4 is 15.9 Å². The van der Waals surface area contributed by atoms with E-state index in [1.54, 1.807) is 0 Å². The van der Waals surface area contributed by atoms with Gasteiger partial charge in [0.2, 0.25) is 0 Å². The smallest absolute Gasteiger partial charge is 0.0435 e. The summed E-state index contributed by atoms with van der Waals surface area (Å²) in [5.74, 6) is 0. The second-order valence-corrected chi connectivity index (χ2v) is 7.58. The zero-order valence-corrected chi connectivity index (χ0v) is 14.4. The minimum Gasteiger partial charge on any atom is -0.0835 e. The molecular weight excluding hydrogens is 308 g/mol. The molecule has 20 heavy (non-hydrogen) atoms. The van der Waals surface area contributed by atoms with E-state index in [2.05, 4.69) is 92.2 Å². The lowest BCUT2D eigenvalue weighted by Gasteiger charge is -2.20. The topological polar surface area (TPSA) is 0 Å². The summed E-state index contributed by atoms with van der Waals surface area (Å²) in [5.41, 5.74) is 5.73. The predicted octanol–water partition coefficient (Wildman–Crippen LogP) is 5.97. The second kappa shape index (κ2) is 6.13. The monoisotopic (exact) mass is 330 g/mol. The highest BCUT2D eigenvalue weighted by Crippen LogP contribution is 2.30. The van der Waals surface area contributed by atoms with Crippen molar-refractivity contribution in [3.63, 3.8) is 0 Å². The average molecular weight is 331 g/mol. The van der Waals surface area contributed by atoms with Gasteiger partial charge in [0.05, 0.1) is 0 Å². The van der Waals surface area contributed by atoms with Gasteiger partial charge in [0.25, 0.3) is 0 Å². The van der Waals surface area contributed by atoms with Crippen molar-refractivity contribution in [3.8, 4) is 0 Å². The first-order valence-corrected chi connectivity index (χ1v) is 8.08. The minimum atomic E-state index is 0.219. The summed E-state index contributed by atoms with van der Waals surface area (Å²) in [4.78, 5) is 0.373. The molecule has 0 saturated heterocycles. The van der Waals surface area contributed by atoms with E-state index in [0.717, 1.165) is 6.42 Å². The van der Waals surface area contributed by atoms with Gasteiger partial charge in [-0.2, -0.15) is 0 Å². The summed E-state index contributed by atoms with van der Waals surface area (Å²) in [6.07, 6.45) is 1.03. The van der Waals surface area contributed by atoms with Gasteiger partial charge in [-0.1, -0.05) is 85.2 Å². The Hall–Kier alpha value is -1.08. The van der Waals surface area contributed by atoms with Crippen molar-refractivity contribution in [2.45, 2.75) is 44.4 Å². The first kappa shape index (κ1) is 15.3. The van der Waals surface area contributed by atoms with Crippen molar-refractivity contribution < 1.29 is 0 Å². The lowest BCUT2D eigenvalue weighted by atomic mass is 9.86. The van der Waals surface area contributed by atoms with Gasteiger partial charge < -0.3 is 0 Å². The molecule has 0 saturated carbocycles. The number of alkyl halides is 1. The third kappa shape index (κ3) is 3.73. The molecular formula is C19H23Br. The molecule has 0 N–H and O–H groups in total. The molecule has 2 aromatic rings. The molecule has 1 atom stereocenters. The molecule has 0 aliphatic carbocycles. The molecule has 2 aromatic carbocycles. The molecule has 2 rings (SSSR count). The molecule has 1 unspecified atom stereocenters. The van der Waals surface area contributed by atoms with E-state index in [4.69, 9.17) is 0 Å². The normalized spacial score (nSPS) is 13.2. The fourth-order valence-corrected chi connectivity index (χ4v) is 3.00. The quantitative estimate of drug-likeness (QED) is 0.608. The van der Waals surface area contributed by atoms with Crippen molar-refractivity contribution in [1.29, 1.82) is 0 Å². The molecule has 0 aliphatic rings. The third-order valence-corrected chi connectivity index (χ3v) is 4.65. The summed E-state index contributed by atoms with van der Waals surface area (Å²) >= 11 is 3.83. The standard InChI is InChI=1S/C19H23Br/c1-14-7-5-6-8-16(14)13-18(20)15-9-11-17(12-10-15)19(2,3)4/h5-12,18H,13H2,1-4H3. The molecule has 0 fully saturated rings. The summed E-state index contributed by atoms with van der Waals surface area (Å²) in [5, 5.41) is 0. The summed E-state index contributed by atoms with van der Waals surface area (Å²) in [7, 11) is 0. The number of halogens is 1. The zero-order chi connectivity index (χ0) is 14.8. The molecule has 0 heterocycles. The summed E-state index contributed by atoms with van der Waals surface area (Å²) < 4.78 is 0. The Morgan fingerprint density at radius 1 is 0.950 bits per heavy atom. The van der Waals surface area contributed by atoms with Crippen LogP contribution in [0.4, 0.5) is 0 Å². The lowest BCUT2D eigenvalue weighted by molar-refractivity contribution is 0.590. The Morgan fingerprint density at radius 3 is 2.10 bits per heavy atom. The van der Waals surface area contributed by atoms with Crippen LogP contribution in [0.2, 0.25) is 0 Å². The van der Waals surface area contributed by atoms with Crippen LogP contribution in [0.3, 0.4) is 0 Å². The number of hydrogen-bond donors (Lipinski definition) is 0. The van der Waals surface area contributed by atoms with Crippen molar-refractivity contribution in [3.05, 3.63) is 70.8 Å². The van der Waals surface area contributed by atoms with Crippen molar-refractivity contribution in [2.75, 3.05) is 0 Å². The van der Waals surface area contributed by atoms with E-state index < -0.39 is 0 Å². The molecule has 0 amide bonds. The summed E-state index contributed by atoms with van der Waals surface area (Å²) in [6.45, 7) is 8.93. The van der Waals surface area contributed by atoms with E-state index in [-0.39, 0.29) is 5.41 Å². The molecule has 106 valence electrons. The predicted molar refractivity (Wildman–Crippen MR) is 91.7 cm³/mol. The highest BCUT2D eigenvalue weighted by Gasteiger charge is 2.15. The number of hydrogen-bond acceptors (Lipinski definition) is 0. The fourth-order valence-electron chi connectivity index (χ4n) is 2.34. The molecule has 0 aromatic heterocycles. The van der Waals surface area contributed by atoms with Crippen LogP contribution in [-0.4, -0.2) is 0 Å². The maximum Gasteiger partial charge on any atom is 0.0435 e. The largest absolute Gasteiger partial charge is 0.0835 e. The van der Waals surface area contributed by atoms with Gasteiger partial charge >= 0.3 is 0 Å². The van der Waals surface area contributed by atoms with Crippen LogP contribution in [0, 0.1) is 6.92 Å². The van der Waals surface area contributed by atoms with Gasteiger partial charge in [-0.15, -0.1) is 0 Å². The SMILES string of the molecule is Cc1ccccc1CC(Br)c1ccc(C(C)(C)C)cc1. The number of rotatable bonds is 3. The van der Waals surface area contributed by atoms with Gasteiger partial charge in [0.1, 0.15) is 0 Å². The van der Waals surface area contributed by atoms with E-state index in [1.165, 1.54) is 22.3 Å². The Bertz CT molecular complexity index is 561. The van der Waals surface area contributed by atoms with Crippen LogP contribution in [0.5, 0.6) is 0 Å². The average Bonchev–Trinajstić information content (AvgIpc) is 2.40. The van der Waals surface area contributed by atoms with E-state index in [9.17, 15) is 0 Å². The molecule has 0 spiro atoms. The fraction of sp³-hybridized carbons (Fsp3) is 0.368. The molecule has 0 nitrogen and oxygen atoms in total. The number of aryl methyl sites for hydroxylation is 1. The lowest BCUT2D eigenvalue weighted by Crippen LogP contribution is -2.10. The van der Waals surface area contributed by atoms with Gasteiger partial charge in [-0.05, 0) is 41.0 Å². The first-order chi connectivity index (χ1) is 9.38. The summed E-state index contributed by atoms with van der Waals surface area (Å²) in [6, 6.07) is 17.6. The van der Waals surface area contributed by atoms with Gasteiger partial charge in [0, 0.05) is 4.83 Å². The maximum atomic E-state index is 3.83. The molecule has 0 aliphatic heterocycles. The van der Waals surface area contributed by atoms with Gasteiger partial charge in [-0.25, -0.2) is 0 Å². The third-order valence-electron chi connectivity index (χ3n) is 3.80. The van der Waals surface area contributed by atoms with E-state index >= 15 is 0 Å². The van der Waals surface area contributed by atoms with Crippen LogP contribution in [0.25, 0.3) is 0 Å². The highest BCUT2D eigenvalue weighted by atomic mass is 79.9. The Morgan fingerprint density at radius 2 is 1.55 bits per heavy atom. The molecule has 0 bridgehead atoms. The second-order valence-electron chi connectivity index (χ2n) is 6.47. The van der Waals surface area contributed by atoms with Crippen molar-refractivity contribution in [1.82, 2.24) is 0 Å². The highest BCUT2D eigenvalue weighted by molar-refractivity contribution is 9.09. The number of benzene rings is 2. The Kier molecular flexibility index (Phi) is 4.70. The van der Waals surface area contributed by atoms with E-state index in [1.807, 2.05) is 0 Å². The Labute approximate surface area is 131 Å². The van der Waals surface area contributed by atoms with Crippen LogP contribution in [0.15, 0.2) is 48.5 Å². The zero-order valence-electron chi connectivity index (χ0n) is 12.8. The Balaban J connectivity index is 2.14. The van der Waals surface area contributed by atoms with Gasteiger partial charge in [0.15, 0.2) is 0 Å². The van der Waals surface area contributed by atoms with Crippen LogP contribution in [0.1, 0.15) is 47.9 Å².